The summed E-state index contributed by atoms with van der Waals surface area (Å²) >= 11 is 0. The quantitative estimate of drug-likeness (QED) is 0.646. The number of benzene rings is 1. The highest BCUT2D eigenvalue weighted by molar-refractivity contribution is 5.92. The minimum Gasteiger partial charge on any atom is -0.494 e. The monoisotopic (exact) mass is 247 g/mol. The van der Waals surface area contributed by atoms with Crippen LogP contribution in [-0.4, -0.2) is 12.1 Å². The van der Waals surface area contributed by atoms with Gasteiger partial charge in [-0.15, -0.1) is 0 Å². The van der Waals surface area contributed by atoms with Crippen molar-refractivity contribution in [3.63, 3.8) is 0 Å². The van der Waals surface area contributed by atoms with E-state index in [-0.39, 0.29) is 5.75 Å². The minimum atomic E-state index is -0.409. The number of ether oxygens (including phenoxy) is 1. The summed E-state index contributed by atoms with van der Waals surface area (Å²) in [5.74, 6) is 5.80. The molecule has 0 amide bonds. The highest BCUT2D eigenvalue weighted by atomic mass is 19.1. The number of hydrogen-bond donors (Lipinski definition) is 2. The molecule has 1 heterocycles. The average molecular weight is 247 g/mol. The van der Waals surface area contributed by atoms with Crippen LogP contribution in [0.15, 0.2) is 18.2 Å². The minimum absolute atomic E-state index is 0.194. The molecule has 1 aliphatic rings. The van der Waals surface area contributed by atoms with Gasteiger partial charge in [0.2, 0.25) is 0 Å². The summed E-state index contributed by atoms with van der Waals surface area (Å²) in [4.78, 5) is 4.49. The van der Waals surface area contributed by atoms with Crippen molar-refractivity contribution in [3.8, 4) is 5.75 Å². The number of fused-ring (bicyclic) bond motifs is 1. The van der Waals surface area contributed by atoms with E-state index in [1.807, 2.05) is 6.07 Å². The summed E-state index contributed by atoms with van der Waals surface area (Å²) in [6, 6.07) is 4.93. The number of rotatable bonds is 3. The Morgan fingerprint density at radius 1 is 1.39 bits per heavy atom. The Hall–Kier alpha value is -1.88. The van der Waals surface area contributed by atoms with Crippen molar-refractivity contribution in [2.24, 2.45) is 5.84 Å². The second-order valence-corrected chi connectivity index (χ2v) is 4.52. The number of methoxy groups -OCH3 is 1. The van der Waals surface area contributed by atoms with Crippen molar-refractivity contribution < 1.29 is 9.13 Å². The van der Waals surface area contributed by atoms with Gasteiger partial charge in [-0.2, -0.15) is 0 Å². The van der Waals surface area contributed by atoms with Crippen molar-refractivity contribution in [1.82, 2.24) is 4.98 Å². The zero-order valence-corrected chi connectivity index (χ0v) is 10.0. The first-order valence-corrected chi connectivity index (χ1v) is 5.87. The van der Waals surface area contributed by atoms with Gasteiger partial charge in [-0.25, -0.2) is 4.39 Å². The van der Waals surface area contributed by atoms with Gasteiger partial charge in [-0.1, -0.05) is 0 Å². The molecule has 0 unspecified atom stereocenters. The van der Waals surface area contributed by atoms with Crippen LogP contribution in [0.1, 0.15) is 24.5 Å². The van der Waals surface area contributed by atoms with Crippen LogP contribution in [0, 0.1) is 5.82 Å². The van der Waals surface area contributed by atoms with Gasteiger partial charge in [-0.05, 0) is 25.0 Å². The summed E-state index contributed by atoms with van der Waals surface area (Å²) in [5, 5.41) is 0.764. The molecule has 2 aromatic rings. The molecule has 18 heavy (non-hydrogen) atoms. The predicted octanol–water partition coefficient (Wildman–Crippen LogP) is 2.55. The van der Waals surface area contributed by atoms with E-state index in [4.69, 9.17) is 10.6 Å². The number of aromatic nitrogens is 1. The molecule has 5 heteroatoms. The standard InChI is InChI=1S/C13H14FN3O/c1-18-13-4-8-11(5-9(13)14)16-10(7-2-3-7)6-12(8)17-15/h4-7H,2-3,15H2,1H3,(H,16,17). The molecule has 1 aliphatic carbocycles. The van der Waals surface area contributed by atoms with Gasteiger partial charge in [0.05, 0.1) is 18.3 Å². The third-order valence-electron chi connectivity index (χ3n) is 3.25. The van der Waals surface area contributed by atoms with Crippen molar-refractivity contribution >= 4 is 16.6 Å². The summed E-state index contributed by atoms with van der Waals surface area (Å²) in [6.45, 7) is 0. The second kappa shape index (κ2) is 4.10. The maximum Gasteiger partial charge on any atom is 0.167 e. The number of pyridine rings is 1. The van der Waals surface area contributed by atoms with Crippen LogP contribution in [0.5, 0.6) is 5.75 Å². The van der Waals surface area contributed by atoms with E-state index in [0.29, 0.717) is 11.4 Å². The van der Waals surface area contributed by atoms with Crippen LogP contribution in [0.3, 0.4) is 0 Å². The maximum atomic E-state index is 13.7. The Morgan fingerprint density at radius 3 is 2.78 bits per heavy atom. The number of halogens is 1. The fourth-order valence-corrected chi connectivity index (χ4v) is 2.11. The van der Waals surface area contributed by atoms with Crippen LogP contribution < -0.4 is 16.0 Å². The lowest BCUT2D eigenvalue weighted by Gasteiger charge is -2.10. The van der Waals surface area contributed by atoms with Crippen molar-refractivity contribution in [3.05, 3.63) is 29.7 Å². The van der Waals surface area contributed by atoms with E-state index in [9.17, 15) is 4.39 Å². The molecule has 3 N–H and O–H groups in total. The van der Waals surface area contributed by atoms with Crippen molar-refractivity contribution in [1.29, 1.82) is 0 Å². The highest BCUT2D eigenvalue weighted by Gasteiger charge is 2.26. The molecule has 0 saturated heterocycles. The van der Waals surface area contributed by atoms with Crippen LogP contribution in [0.2, 0.25) is 0 Å². The molecular formula is C13H14FN3O. The molecule has 1 aromatic carbocycles. The van der Waals surface area contributed by atoms with Crippen LogP contribution in [-0.2, 0) is 0 Å². The molecule has 1 fully saturated rings. The fourth-order valence-electron chi connectivity index (χ4n) is 2.11. The zero-order valence-electron chi connectivity index (χ0n) is 10.0. The van der Waals surface area contributed by atoms with E-state index >= 15 is 0 Å². The van der Waals surface area contributed by atoms with Gasteiger partial charge >= 0.3 is 0 Å². The van der Waals surface area contributed by atoms with Gasteiger partial charge in [-0.3, -0.25) is 10.8 Å². The molecule has 0 bridgehead atoms. The van der Waals surface area contributed by atoms with Gasteiger partial charge in [0, 0.05) is 23.1 Å². The Kier molecular flexibility index (Phi) is 2.56. The number of hydrazine groups is 1. The predicted molar refractivity (Wildman–Crippen MR) is 68.0 cm³/mol. The molecule has 0 radical (unpaired) electrons. The third kappa shape index (κ3) is 1.76. The van der Waals surface area contributed by atoms with Crippen molar-refractivity contribution in [2.45, 2.75) is 18.8 Å². The highest BCUT2D eigenvalue weighted by Crippen LogP contribution is 2.41. The van der Waals surface area contributed by atoms with Crippen LogP contribution >= 0.6 is 0 Å². The van der Waals surface area contributed by atoms with E-state index in [1.54, 1.807) is 6.07 Å². The van der Waals surface area contributed by atoms with E-state index in [2.05, 4.69) is 10.4 Å². The Bertz CT molecular complexity index is 611. The van der Waals surface area contributed by atoms with Crippen molar-refractivity contribution in [2.75, 3.05) is 12.5 Å². The molecule has 1 saturated carbocycles. The lowest BCUT2D eigenvalue weighted by atomic mass is 10.1. The molecule has 0 spiro atoms. The van der Waals surface area contributed by atoms with Gasteiger partial charge < -0.3 is 10.2 Å². The SMILES string of the molecule is COc1cc2c(NN)cc(C3CC3)nc2cc1F. The Morgan fingerprint density at radius 2 is 2.17 bits per heavy atom. The summed E-state index contributed by atoms with van der Waals surface area (Å²) in [7, 11) is 1.44. The smallest absolute Gasteiger partial charge is 0.167 e. The first-order chi connectivity index (χ1) is 8.72. The Balaban J connectivity index is 2.25. The molecule has 0 atom stereocenters. The first-order valence-electron chi connectivity index (χ1n) is 5.87. The number of nitrogen functional groups attached to an aromatic ring is 1. The van der Waals surface area contributed by atoms with E-state index < -0.39 is 5.82 Å². The number of hydrogen-bond acceptors (Lipinski definition) is 4. The molecule has 1 aromatic heterocycles. The lowest BCUT2D eigenvalue weighted by Crippen LogP contribution is -2.08. The van der Waals surface area contributed by atoms with Gasteiger partial charge in [0.25, 0.3) is 0 Å². The number of nitrogens with zero attached hydrogens (tertiary/aromatic N) is 1. The van der Waals surface area contributed by atoms with Crippen LogP contribution in [0.25, 0.3) is 10.9 Å². The number of anilines is 1. The Labute approximate surface area is 104 Å². The van der Waals surface area contributed by atoms with Gasteiger partial charge in [0.15, 0.2) is 11.6 Å². The molecule has 94 valence electrons. The van der Waals surface area contributed by atoms with E-state index in [1.165, 1.54) is 13.2 Å². The van der Waals surface area contributed by atoms with E-state index in [0.717, 1.165) is 29.6 Å². The topological polar surface area (TPSA) is 60.2 Å². The van der Waals surface area contributed by atoms with Crippen LogP contribution in [0.4, 0.5) is 10.1 Å². The summed E-state index contributed by atoms with van der Waals surface area (Å²) in [5.41, 5.74) is 4.97. The normalized spacial score (nSPS) is 14.8. The summed E-state index contributed by atoms with van der Waals surface area (Å²) < 4.78 is 18.7. The molecule has 0 aliphatic heterocycles. The first kappa shape index (κ1) is 11.2. The summed E-state index contributed by atoms with van der Waals surface area (Å²) in [6.07, 6.45) is 2.28. The molecular weight excluding hydrogens is 233 g/mol. The fraction of sp³-hybridized carbons (Fsp3) is 0.308. The number of nitrogens with two attached hydrogens (primary N) is 1. The molecule has 4 nitrogen and oxygen atoms in total. The molecule has 3 rings (SSSR count). The largest absolute Gasteiger partial charge is 0.494 e. The lowest BCUT2D eigenvalue weighted by molar-refractivity contribution is 0.387. The second-order valence-electron chi connectivity index (χ2n) is 4.52. The zero-order chi connectivity index (χ0) is 12.7. The maximum absolute atomic E-state index is 13.7. The number of nitrogens with one attached hydrogen (secondary N) is 1. The average Bonchev–Trinajstić information content (AvgIpc) is 3.20. The third-order valence-corrected chi connectivity index (χ3v) is 3.25. The van der Waals surface area contributed by atoms with Gasteiger partial charge in [0.1, 0.15) is 0 Å².